The minimum absolute atomic E-state index is 0.409. The minimum Gasteiger partial charge on any atom is -0.348 e. The van der Waals surface area contributed by atoms with Crippen LogP contribution in [0.15, 0.2) is 31.0 Å². The third kappa shape index (κ3) is 3.51. The van der Waals surface area contributed by atoms with Gasteiger partial charge in [-0.3, -0.25) is 0 Å². The van der Waals surface area contributed by atoms with Crippen molar-refractivity contribution in [3.63, 3.8) is 0 Å². The molecule has 0 aliphatic carbocycles. The van der Waals surface area contributed by atoms with Crippen LogP contribution in [0.25, 0.3) is 0 Å². The van der Waals surface area contributed by atoms with E-state index in [0.717, 1.165) is 13.1 Å². The highest BCUT2D eigenvalue weighted by Crippen LogP contribution is 2.15. The fourth-order valence-electron chi connectivity index (χ4n) is 2.40. The van der Waals surface area contributed by atoms with Crippen molar-refractivity contribution in [3.8, 4) is 0 Å². The van der Waals surface area contributed by atoms with Crippen LogP contribution in [0.4, 0.5) is 0 Å². The maximum atomic E-state index is 4.26. The number of nitrogens with zero attached hydrogens (tertiary/aromatic N) is 3. The van der Waals surface area contributed by atoms with Gasteiger partial charge >= 0.3 is 0 Å². The molecule has 0 aliphatic rings. The first-order valence-electron chi connectivity index (χ1n) is 7.51. The minimum atomic E-state index is 0.409. The highest BCUT2D eigenvalue weighted by Gasteiger charge is 2.09. The second-order valence-electron chi connectivity index (χ2n) is 5.68. The van der Waals surface area contributed by atoms with Crippen LogP contribution < -0.4 is 5.32 Å². The van der Waals surface area contributed by atoms with E-state index in [0.29, 0.717) is 12.1 Å². The van der Waals surface area contributed by atoms with Gasteiger partial charge in [-0.2, -0.15) is 0 Å². The van der Waals surface area contributed by atoms with Crippen molar-refractivity contribution in [1.29, 1.82) is 0 Å². The van der Waals surface area contributed by atoms with Crippen LogP contribution in [0.3, 0.4) is 0 Å². The zero-order chi connectivity index (χ0) is 14.5. The van der Waals surface area contributed by atoms with Crippen LogP contribution in [-0.2, 0) is 6.54 Å². The summed E-state index contributed by atoms with van der Waals surface area (Å²) in [7, 11) is 0. The van der Waals surface area contributed by atoms with Crippen molar-refractivity contribution in [2.75, 3.05) is 6.54 Å². The predicted molar refractivity (Wildman–Crippen MR) is 82.9 cm³/mol. The Morgan fingerprint density at radius 2 is 2.10 bits per heavy atom. The van der Waals surface area contributed by atoms with E-state index in [-0.39, 0.29) is 0 Å². The Morgan fingerprint density at radius 3 is 2.80 bits per heavy atom. The van der Waals surface area contributed by atoms with Crippen LogP contribution in [0, 0.1) is 0 Å². The Labute approximate surface area is 121 Å². The molecule has 110 valence electrons. The monoisotopic (exact) mass is 274 g/mol. The number of rotatable bonds is 7. The van der Waals surface area contributed by atoms with Crippen LogP contribution in [-0.4, -0.2) is 20.7 Å². The molecule has 0 amide bonds. The molecular weight excluding hydrogens is 248 g/mol. The first-order chi connectivity index (χ1) is 9.61. The van der Waals surface area contributed by atoms with Gasteiger partial charge in [0.15, 0.2) is 0 Å². The molecule has 2 rings (SSSR count). The summed E-state index contributed by atoms with van der Waals surface area (Å²) in [5.74, 6) is 0. The van der Waals surface area contributed by atoms with E-state index in [4.69, 9.17) is 0 Å². The van der Waals surface area contributed by atoms with E-state index in [1.54, 1.807) is 0 Å². The molecule has 0 radical (unpaired) electrons. The fraction of sp³-hybridized carbons (Fsp3) is 0.562. The molecule has 1 unspecified atom stereocenters. The molecule has 0 bridgehead atoms. The lowest BCUT2D eigenvalue weighted by molar-refractivity contribution is 0.557. The van der Waals surface area contributed by atoms with Gasteiger partial charge in [0.2, 0.25) is 0 Å². The molecule has 0 aliphatic heterocycles. The second kappa shape index (κ2) is 6.75. The molecule has 2 aromatic heterocycles. The van der Waals surface area contributed by atoms with E-state index >= 15 is 0 Å². The molecule has 4 heteroatoms. The Hall–Kier alpha value is -1.55. The number of imidazole rings is 1. The molecule has 0 spiro atoms. The predicted octanol–water partition coefficient (Wildman–Crippen LogP) is 3.37. The van der Waals surface area contributed by atoms with Gasteiger partial charge in [-0.1, -0.05) is 6.92 Å². The quantitative estimate of drug-likeness (QED) is 0.840. The van der Waals surface area contributed by atoms with Gasteiger partial charge < -0.3 is 14.5 Å². The smallest absolute Gasteiger partial charge is 0.0951 e. The van der Waals surface area contributed by atoms with Crippen LogP contribution in [0.2, 0.25) is 0 Å². The summed E-state index contributed by atoms with van der Waals surface area (Å²) in [5, 5.41) is 3.52. The molecular formula is C16H26N4. The van der Waals surface area contributed by atoms with Crippen molar-refractivity contribution < 1.29 is 0 Å². The average Bonchev–Trinajstić information content (AvgIpc) is 3.05. The van der Waals surface area contributed by atoms with Crippen molar-refractivity contribution in [2.45, 2.75) is 52.7 Å². The first kappa shape index (κ1) is 14.9. The van der Waals surface area contributed by atoms with E-state index in [1.807, 2.05) is 12.5 Å². The number of hydrogen-bond donors (Lipinski definition) is 1. The van der Waals surface area contributed by atoms with Gasteiger partial charge in [0.05, 0.1) is 18.6 Å². The third-order valence-corrected chi connectivity index (χ3v) is 3.62. The number of aromatic nitrogens is 3. The van der Waals surface area contributed by atoms with Crippen LogP contribution >= 0.6 is 0 Å². The van der Waals surface area contributed by atoms with Crippen molar-refractivity contribution >= 4 is 0 Å². The van der Waals surface area contributed by atoms with Crippen LogP contribution in [0.5, 0.6) is 0 Å². The zero-order valence-corrected chi connectivity index (χ0v) is 13.0. The third-order valence-electron chi connectivity index (χ3n) is 3.62. The first-order valence-corrected chi connectivity index (χ1v) is 7.51. The lowest BCUT2D eigenvalue weighted by Crippen LogP contribution is -2.18. The maximum absolute atomic E-state index is 4.26. The molecule has 1 atom stereocenters. The van der Waals surface area contributed by atoms with Gasteiger partial charge in [-0.15, -0.1) is 0 Å². The summed E-state index contributed by atoms with van der Waals surface area (Å²) in [6.45, 7) is 10.7. The Kier molecular flexibility index (Phi) is 5.01. The molecule has 0 saturated heterocycles. The van der Waals surface area contributed by atoms with Gasteiger partial charge in [0.25, 0.3) is 0 Å². The van der Waals surface area contributed by atoms with E-state index in [9.17, 15) is 0 Å². The summed E-state index contributed by atoms with van der Waals surface area (Å²) >= 11 is 0. The SMILES string of the molecule is CCCNC(C)c1ccn(Cc2cncn2C(C)C)c1. The van der Waals surface area contributed by atoms with Crippen molar-refractivity contribution in [2.24, 2.45) is 0 Å². The van der Waals surface area contributed by atoms with E-state index in [1.165, 1.54) is 17.7 Å². The van der Waals surface area contributed by atoms with Gasteiger partial charge in [-0.25, -0.2) is 4.98 Å². The lowest BCUT2D eigenvalue weighted by atomic mass is 10.2. The number of hydrogen-bond acceptors (Lipinski definition) is 2. The average molecular weight is 274 g/mol. The van der Waals surface area contributed by atoms with Crippen molar-refractivity contribution in [1.82, 2.24) is 19.4 Å². The molecule has 4 nitrogen and oxygen atoms in total. The Bertz CT molecular complexity index is 524. The largest absolute Gasteiger partial charge is 0.348 e. The Morgan fingerprint density at radius 1 is 1.30 bits per heavy atom. The number of nitrogens with one attached hydrogen (secondary N) is 1. The van der Waals surface area contributed by atoms with E-state index in [2.05, 4.69) is 65.6 Å². The highest BCUT2D eigenvalue weighted by atomic mass is 15.1. The molecule has 2 heterocycles. The highest BCUT2D eigenvalue weighted by molar-refractivity contribution is 5.16. The normalized spacial score (nSPS) is 13.1. The Balaban J connectivity index is 2.04. The summed E-state index contributed by atoms with van der Waals surface area (Å²) in [6, 6.07) is 3.06. The second-order valence-corrected chi connectivity index (χ2v) is 5.68. The molecule has 20 heavy (non-hydrogen) atoms. The summed E-state index contributed by atoms with van der Waals surface area (Å²) < 4.78 is 4.45. The fourth-order valence-corrected chi connectivity index (χ4v) is 2.40. The summed E-state index contributed by atoms with van der Waals surface area (Å²) in [4.78, 5) is 4.26. The molecule has 0 aromatic carbocycles. The van der Waals surface area contributed by atoms with Crippen LogP contribution in [0.1, 0.15) is 57.5 Å². The summed E-state index contributed by atoms with van der Waals surface area (Å²) in [5.41, 5.74) is 2.59. The van der Waals surface area contributed by atoms with Gasteiger partial charge in [0.1, 0.15) is 0 Å². The lowest BCUT2D eigenvalue weighted by Gasteiger charge is -2.13. The standard InChI is InChI=1S/C16H26N4/c1-5-7-18-14(4)15-6-8-19(10-15)11-16-9-17-12-20(16)13(2)3/h6,8-10,12-14,18H,5,7,11H2,1-4H3. The molecule has 2 aromatic rings. The molecule has 1 N–H and O–H groups in total. The van der Waals surface area contributed by atoms with Crippen molar-refractivity contribution in [3.05, 3.63) is 42.2 Å². The van der Waals surface area contributed by atoms with Gasteiger partial charge in [-0.05, 0) is 45.4 Å². The maximum Gasteiger partial charge on any atom is 0.0951 e. The zero-order valence-electron chi connectivity index (χ0n) is 13.0. The molecule has 0 saturated carbocycles. The van der Waals surface area contributed by atoms with E-state index < -0.39 is 0 Å². The molecule has 0 fully saturated rings. The summed E-state index contributed by atoms with van der Waals surface area (Å²) in [6.07, 6.45) is 9.41. The van der Waals surface area contributed by atoms with Gasteiger partial charge in [0, 0.05) is 30.7 Å². The topological polar surface area (TPSA) is 34.8 Å².